The van der Waals surface area contributed by atoms with Crippen LogP contribution in [0.1, 0.15) is 11.1 Å². The molecule has 2 aromatic carbocycles. The van der Waals surface area contributed by atoms with Crippen LogP contribution in [-0.4, -0.2) is 7.11 Å². The molecule has 1 N–H and O–H groups in total. The SMILES string of the molecule is COc1ccc(CNc2ccc(C)c(I)c2)cc1Br. The number of anilines is 1. The maximum absolute atomic E-state index is 5.22. The summed E-state index contributed by atoms with van der Waals surface area (Å²) < 4.78 is 7.48. The fraction of sp³-hybridized carbons (Fsp3) is 0.200. The number of ether oxygens (including phenoxy) is 1. The standard InChI is InChI=1S/C15H15BrINO/c1-10-3-5-12(8-14(10)17)18-9-11-4-6-15(19-2)13(16)7-11/h3-8,18H,9H2,1-2H3. The molecule has 0 unspecified atom stereocenters. The zero-order valence-corrected chi connectivity index (χ0v) is 14.6. The van der Waals surface area contributed by atoms with Crippen LogP contribution in [0.3, 0.4) is 0 Å². The Morgan fingerprint density at radius 1 is 1.21 bits per heavy atom. The van der Waals surface area contributed by atoms with E-state index in [0.29, 0.717) is 0 Å². The Morgan fingerprint density at radius 2 is 2.00 bits per heavy atom. The predicted octanol–water partition coefficient (Wildman–Crippen LogP) is 4.98. The third-order valence-electron chi connectivity index (χ3n) is 2.88. The summed E-state index contributed by atoms with van der Waals surface area (Å²) in [6.07, 6.45) is 0. The van der Waals surface area contributed by atoms with Gasteiger partial charge < -0.3 is 10.1 Å². The van der Waals surface area contributed by atoms with Crippen molar-refractivity contribution in [2.45, 2.75) is 13.5 Å². The lowest BCUT2D eigenvalue weighted by Gasteiger charge is -2.10. The third-order valence-corrected chi connectivity index (χ3v) is 4.67. The minimum atomic E-state index is 0.793. The van der Waals surface area contributed by atoms with Gasteiger partial charge in [0.05, 0.1) is 11.6 Å². The maximum atomic E-state index is 5.22. The van der Waals surface area contributed by atoms with Gasteiger partial charge >= 0.3 is 0 Å². The van der Waals surface area contributed by atoms with Crippen molar-refractivity contribution in [2.24, 2.45) is 0 Å². The second-order valence-electron chi connectivity index (χ2n) is 4.29. The molecule has 2 rings (SSSR count). The Morgan fingerprint density at radius 3 is 2.63 bits per heavy atom. The van der Waals surface area contributed by atoms with Crippen LogP contribution < -0.4 is 10.1 Å². The number of halogens is 2. The summed E-state index contributed by atoms with van der Waals surface area (Å²) in [5.74, 6) is 0.855. The van der Waals surface area contributed by atoms with Gasteiger partial charge in [0.1, 0.15) is 5.75 Å². The van der Waals surface area contributed by atoms with Gasteiger partial charge in [0.15, 0.2) is 0 Å². The van der Waals surface area contributed by atoms with Gasteiger partial charge in [-0.2, -0.15) is 0 Å². The first-order valence-corrected chi connectivity index (χ1v) is 7.80. The number of aryl methyl sites for hydroxylation is 1. The number of hydrogen-bond acceptors (Lipinski definition) is 2. The van der Waals surface area contributed by atoms with Crippen molar-refractivity contribution in [2.75, 3.05) is 12.4 Å². The summed E-state index contributed by atoms with van der Waals surface area (Å²) in [5.41, 5.74) is 3.66. The molecule has 0 aliphatic carbocycles. The van der Waals surface area contributed by atoms with E-state index < -0.39 is 0 Å². The average molecular weight is 432 g/mol. The molecule has 0 fully saturated rings. The highest BCUT2D eigenvalue weighted by atomic mass is 127. The van der Waals surface area contributed by atoms with Crippen molar-refractivity contribution < 1.29 is 4.74 Å². The van der Waals surface area contributed by atoms with Crippen LogP contribution in [0.25, 0.3) is 0 Å². The molecule has 0 aromatic heterocycles. The van der Waals surface area contributed by atoms with Gasteiger partial charge in [-0.1, -0.05) is 12.1 Å². The van der Waals surface area contributed by atoms with E-state index in [9.17, 15) is 0 Å². The molecule has 2 nitrogen and oxygen atoms in total. The molecule has 2 aromatic rings. The monoisotopic (exact) mass is 431 g/mol. The second-order valence-corrected chi connectivity index (χ2v) is 6.30. The molecule has 0 saturated carbocycles. The normalized spacial score (nSPS) is 10.3. The summed E-state index contributed by atoms with van der Waals surface area (Å²) in [5, 5.41) is 3.43. The molecule has 4 heteroatoms. The fourth-order valence-corrected chi connectivity index (χ4v) is 2.83. The molecule has 0 atom stereocenters. The molecule has 0 bridgehead atoms. The topological polar surface area (TPSA) is 21.3 Å². The molecule has 0 saturated heterocycles. The highest BCUT2D eigenvalue weighted by Gasteiger charge is 2.02. The first-order valence-electron chi connectivity index (χ1n) is 5.92. The second kappa shape index (κ2) is 6.61. The van der Waals surface area contributed by atoms with Gasteiger partial charge in [0.25, 0.3) is 0 Å². The van der Waals surface area contributed by atoms with Gasteiger partial charge in [-0.05, 0) is 80.8 Å². The Labute approximate surface area is 135 Å². The summed E-state index contributed by atoms with van der Waals surface area (Å²) in [7, 11) is 1.67. The van der Waals surface area contributed by atoms with Crippen LogP contribution in [0.4, 0.5) is 5.69 Å². The molecule has 0 heterocycles. The van der Waals surface area contributed by atoms with Crippen molar-refractivity contribution in [1.29, 1.82) is 0 Å². The van der Waals surface area contributed by atoms with E-state index in [1.54, 1.807) is 7.11 Å². The lowest BCUT2D eigenvalue weighted by molar-refractivity contribution is 0.412. The highest BCUT2D eigenvalue weighted by Crippen LogP contribution is 2.26. The Balaban J connectivity index is 2.05. The van der Waals surface area contributed by atoms with E-state index in [-0.39, 0.29) is 0 Å². The van der Waals surface area contributed by atoms with Crippen LogP contribution in [-0.2, 0) is 6.54 Å². The van der Waals surface area contributed by atoms with E-state index in [1.807, 2.05) is 6.07 Å². The smallest absolute Gasteiger partial charge is 0.133 e. The van der Waals surface area contributed by atoms with Crippen molar-refractivity contribution in [3.63, 3.8) is 0 Å². The molecule has 0 spiro atoms. The molecule has 0 amide bonds. The summed E-state index contributed by atoms with van der Waals surface area (Å²) in [4.78, 5) is 0. The Hall–Kier alpha value is -0.750. The average Bonchev–Trinajstić information content (AvgIpc) is 2.40. The van der Waals surface area contributed by atoms with Gasteiger partial charge in [-0.15, -0.1) is 0 Å². The maximum Gasteiger partial charge on any atom is 0.133 e. The molecule has 100 valence electrons. The molecule has 0 aliphatic heterocycles. The molecular weight excluding hydrogens is 417 g/mol. The van der Waals surface area contributed by atoms with E-state index in [2.05, 4.69) is 81.1 Å². The molecular formula is C15H15BrINO. The summed E-state index contributed by atoms with van der Waals surface area (Å²) >= 11 is 5.86. The van der Waals surface area contributed by atoms with Crippen molar-refractivity contribution in [3.05, 3.63) is 55.6 Å². The minimum Gasteiger partial charge on any atom is -0.496 e. The number of benzene rings is 2. The van der Waals surface area contributed by atoms with Crippen molar-refractivity contribution in [1.82, 2.24) is 0 Å². The Bertz CT molecular complexity index is 586. The fourth-order valence-electron chi connectivity index (χ4n) is 1.73. The molecule has 19 heavy (non-hydrogen) atoms. The first-order chi connectivity index (χ1) is 9.10. The number of hydrogen-bond donors (Lipinski definition) is 1. The Kier molecular flexibility index (Phi) is 5.10. The zero-order chi connectivity index (χ0) is 13.8. The van der Waals surface area contributed by atoms with Crippen LogP contribution in [0.2, 0.25) is 0 Å². The van der Waals surface area contributed by atoms with Gasteiger partial charge in [0.2, 0.25) is 0 Å². The first kappa shape index (κ1) is 14.7. The van der Waals surface area contributed by atoms with Gasteiger partial charge in [0, 0.05) is 15.8 Å². The van der Waals surface area contributed by atoms with Crippen LogP contribution >= 0.6 is 38.5 Å². The van der Waals surface area contributed by atoms with E-state index in [1.165, 1.54) is 14.7 Å². The van der Waals surface area contributed by atoms with Crippen molar-refractivity contribution in [3.8, 4) is 5.75 Å². The van der Waals surface area contributed by atoms with Gasteiger partial charge in [-0.25, -0.2) is 0 Å². The predicted molar refractivity (Wildman–Crippen MR) is 91.9 cm³/mol. The van der Waals surface area contributed by atoms with Crippen LogP contribution in [0, 0.1) is 10.5 Å². The molecule has 0 aliphatic rings. The minimum absolute atomic E-state index is 0.793. The van der Waals surface area contributed by atoms with E-state index in [4.69, 9.17) is 4.74 Å². The number of nitrogens with one attached hydrogen (secondary N) is 1. The lowest BCUT2D eigenvalue weighted by atomic mass is 10.2. The largest absolute Gasteiger partial charge is 0.496 e. The van der Waals surface area contributed by atoms with Gasteiger partial charge in [-0.3, -0.25) is 0 Å². The number of methoxy groups -OCH3 is 1. The van der Waals surface area contributed by atoms with E-state index >= 15 is 0 Å². The quantitative estimate of drug-likeness (QED) is 0.689. The summed E-state index contributed by atoms with van der Waals surface area (Å²) in [6, 6.07) is 12.5. The van der Waals surface area contributed by atoms with Crippen LogP contribution in [0.5, 0.6) is 5.75 Å². The molecule has 0 radical (unpaired) electrons. The zero-order valence-electron chi connectivity index (χ0n) is 10.8. The van der Waals surface area contributed by atoms with Crippen LogP contribution in [0.15, 0.2) is 40.9 Å². The van der Waals surface area contributed by atoms with Crippen molar-refractivity contribution >= 4 is 44.2 Å². The van der Waals surface area contributed by atoms with E-state index in [0.717, 1.165) is 22.5 Å². The highest BCUT2D eigenvalue weighted by molar-refractivity contribution is 14.1. The summed E-state index contributed by atoms with van der Waals surface area (Å²) in [6.45, 7) is 2.91. The lowest BCUT2D eigenvalue weighted by Crippen LogP contribution is -2.00. The third kappa shape index (κ3) is 3.86. The number of rotatable bonds is 4.